The largest absolute Gasteiger partial charge is 0.460 e. The lowest BCUT2D eigenvalue weighted by atomic mass is 9.84. The van der Waals surface area contributed by atoms with Gasteiger partial charge in [-0.3, -0.25) is 4.99 Å². The summed E-state index contributed by atoms with van der Waals surface area (Å²) in [7, 11) is 1.35. The highest BCUT2D eigenvalue weighted by Crippen LogP contribution is 2.62. The first-order valence-electron chi connectivity index (χ1n) is 9.80. The van der Waals surface area contributed by atoms with Gasteiger partial charge in [0.15, 0.2) is 0 Å². The van der Waals surface area contributed by atoms with Crippen molar-refractivity contribution in [1.82, 2.24) is 0 Å². The highest BCUT2D eigenvalue weighted by molar-refractivity contribution is 5.89. The summed E-state index contributed by atoms with van der Waals surface area (Å²) in [5.41, 5.74) is 0.0356. The minimum absolute atomic E-state index is 0.0949. The van der Waals surface area contributed by atoms with Crippen molar-refractivity contribution in [2.45, 2.75) is 67.9 Å². The smallest absolute Gasteiger partial charge is 0.387 e. The second kappa shape index (κ2) is 9.43. The van der Waals surface area contributed by atoms with Crippen LogP contribution in [0.2, 0.25) is 0 Å². The van der Waals surface area contributed by atoms with Crippen molar-refractivity contribution < 1.29 is 65.9 Å². The molecule has 0 aliphatic heterocycles. The van der Waals surface area contributed by atoms with Crippen molar-refractivity contribution in [3.8, 4) is 0 Å². The van der Waals surface area contributed by atoms with E-state index in [1.807, 2.05) is 0 Å². The predicted molar refractivity (Wildman–Crippen MR) is 103 cm³/mol. The van der Waals surface area contributed by atoms with Crippen LogP contribution < -0.4 is 5.32 Å². The van der Waals surface area contributed by atoms with Crippen molar-refractivity contribution in [2.24, 2.45) is 4.99 Å². The SMILES string of the molecule is CNc1c(C=NCC(F)(F)C(F)(F)C(F)(F)C(F)(F)C(F)(F)C(F)(F)C(F)(F)F)cccc1C(C)(C)C. The van der Waals surface area contributed by atoms with Gasteiger partial charge in [0, 0.05) is 24.5 Å². The highest BCUT2D eigenvalue weighted by atomic mass is 19.4. The molecule has 1 aromatic carbocycles. The summed E-state index contributed by atoms with van der Waals surface area (Å²) in [5, 5.41) is 2.64. The number of benzene rings is 1. The molecule has 1 N–H and O–H groups in total. The molecule has 0 radical (unpaired) electrons. The molecule has 0 spiro atoms. The Hall–Kier alpha value is -2.36. The topological polar surface area (TPSA) is 24.4 Å². The fraction of sp³-hybridized carbons (Fsp3) is 0.650. The molecule has 0 aliphatic carbocycles. The highest BCUT2D eigenvalue weighted by Gasteiger charge is 2.93. The van der Waals surface area contributed by atoms with Crippen LogP contribution in [0.5, 0.6) is 0 Å². The lowest BCUT2D eigenvalue weighted by Crippen LogP contribution is -2.72. The van der Waals surface area contributed by atoms with E-state index in [4.69, 9.17) is 0 Å². The minimum Gasteiger partial charge on any atom is -0.387 e. The van der Waals surface area contributed by atoms with Gasteiger partial charge in [0.1, 0.15) is 6.54 Å². The first kappa shape index (κ1) is 32.7. The van der Waals surface area contributed by atoms with Gasteiger partial charge in [-0.1, -0.05) is 39.0 Å². The zero-order chi connectivity index (χ0) is 29.7. The van der Waals surface area contributed by atoms with Crippen molar-refractivity contribution in [3.63, 3.8) is 0 Å². The van der Waals surface area contributed by atoms with Gasteiger partial charge in [0.05, 0.1) is 0 Å². The Morgan fingerprint density at radius 3 is 1.51 bits per heavy atom. The quantitative estimate of drug-likeness (QED) is 0.237. The fourth-order valence-electron chi connectivity index (χ4n) is 2.94. The molecule has 0 atom stereocenters. The van der Waals surface area contributed by atoms with Gasteiger partial charge < -0.3 is 5.32 Å². The van der Waals surface area contributed by atoms with Crippen LogP contribution in [0.15, 0.2) is 23.2 Å². The molecular formula is C20H19F15N2. The van der Waals surface area contributed by atoms with Crippen LogP contribution in [0.3, 0.4) is 0 Å². The summed E-state index contributed by atoms with van der Waals surface area (Å²) < 4.78 is 199. The average molecular weight is 572 g/mol. The van der Waals surface area contributed by atoms with Gasteiger partial charge in [-0.25, -0.2) is 0 Å². The molecule has 1 rings (SSSR count). The van der Waals surface area contributed by atoms with Crippen LogP contribution in [0.1, 0.15) is 31.9 Å². The second-order valence-electron chi connectivity index (χ2n) is 8.81. The number of rotatable bonds is 9. The van der Waals surface area contributed by atoms with Crippen LogP contribution in [0.25, 0.3) is 0 Å². The van der Waals surface area contributed by atoms with E-state index in [0.717, 1.165) is 0 Å². The van der Waals surface area contributed by atoms with Gasteiger partial charge in [0.25, 0.3) is 0 Å². The maximum atomic E-state index is 14.0. The van der Waals surface area contributed by atoms with Crippen molar-refractivity contribution in [1.29, 1.82) is 0 Å². The van der Waals surface area contributed by atoms with E-state index in [2.05, 4.69) is 10.3 Å². The number of alkyl halides is 15. The number of hydrogen-bond donors (Lipinski definition) is 1. The monoisotopic (exact) mass is 572 g/mol. The summed E-state index contributed by atoms with van der Waals surface area (Å²) in [6.45, 7) is 2.35. The first-order valence-corrected chi connectivity index (χ1v) is 9.80. The van der Waals surface area contributed by atoms with Gasteiger partial charge in [0.2, 0.25) is 0 Å². The van der Waals surface area contributed by atoms with E-state index in [-0.39, 0.29) is 11.3 Å². The lowest BCUT2D eigenvalue weighted by molar-refractivity contribution is -0.451. The number of anilines is 1. The van der Waals surface area contributed by atoms with Gasteiger partial charge >= 0.3 is 41.7 Å². The van der Waals surface area contributed by atoms with Crippen LogP contribution in [0.4, 0.5) is 71.5 Å². The Morgan fingerprint density at radius 2 is 1.11 bits per heavy atom. The summed E-state index contributed by atoms with van der Waals surface area (Å²) in [5.74, 6) is -46.7. The van der Waals surface area contributed by atoms with Crippen LogP contribution in [-0.2, 0) is 5.41 Å². The zero-order valence-corrected chi connectivity index (χ0v) is 19.1. The van der Waals surface area contributed by atoms with E-state index in [9.17, 15) is 65.9 Å². The number of nitrogens with zero attached hydrogens (tertiary/aromatic N) is 1. The number of aliphatic imine (C=N–C) groups is 1. The predicted octanol–water partition coefficient (Wildman–Crippen LogP) is 7.82. The van der Waals surface area contributed by atoms with Crippen molar-refractivity contribution in [2.75, 3.05) is 18.9 Å². The molecule has 214 valence electrons. The third-order valence-electron chi connectivity index (χ3n) is 5.07. The molecule has 0 unspecified atom stereocenters. The second-order valence-corrected chi connectivity index (χ2v) is 8.81. The van der Waals surface area contributed by atoms with Gasteiger partial charge in [-0.05, 0) is 11.0 Å². The van der Waals surface area contributed by atoms with E-state index in [0.29, 0.717) is 11.8 Å². The number of hydrogen-bond acceptors (Lipinski definition) is 2. The Morgan fingerprint density at radius 1 is 0.676 bits per heavy atom. The number of para-hydroxylation sites is 1. The molecule has 0 heterocycles. The maximum Gasteiger partial charge on any atom is 0.460 e. The summed E-state index contributed by atoms with van der Waals surface area (Å²) in [4.78, 5) is 2.77. The third-order valence-corrected chi connectivity index (χ3v) is 5.07. The maximum absolute atomic E-state index is 14.0. The zero-order valence-electron chi connectivity index (χ0n) is 19.1. The number of halogens is 15. The Balaban J connectivity index is 3.45. The van der Waals surface area contributed by atoms with Gasteiger partial charge in [-0.2, -0.15) is 65.9 Å². The lowest BCUT2D eigenvalue weighted by Gasteiger charge is -2.41. The van der Waals surface area contributed by atoms with Crippen molar-refractivity contribution in [3.05, 3.63) is 29.3 Å². The molecule has 17 heteroatoms. The molecule has 2 nitrogen and oxygen atoms in total. The molecule has 0 amide bonds. The molecule has 0 fully saturated rings. The molecule has 0 saturated carbocycles. The normalized spacial score (nSPS) is 15.4. The summed E-state index contributed by atoms with van der Waals surface area (Å²) in [6.07, 6.45) is -7.21. The van der Waals surface area contributed by atoms with Crippen molar-refractivity contribution >= 4 is 11.9 Å². The Bertz CT molecular complexity index is 988. The molecule has 37 heavy (non-hydrogen) atoms. The molecule has 0 aromatic heterocycles. The molecule has 0 saturated heterocycles. The fourth-order valence-corrected chi connectivity index (χ4v) is 2.94. The Labute approximate surface area is 199 Å². The first-order chi connectivity index (χ1) is 16.1. The van der Waals surface area contributed by atoms with Crippen LogP contribution >= 0.6 is 0 Å². The molecule has 0 bridgehead atoms. The Kier molecular flexibility index (Phi) is 8.33. The van der Waals surface area contributed by atoms with E-state index in [1.165, 1.54) is 19.2 Å². The third kappa shape index (κ3) is 5.18. The standard InChI is InChI=1S/C20H19F15N2/c1-13(2,3)11-7-5-6-10(12(11)36-4)8-37-9-14(21,22)15(23,24)16(25,26)17(27,28)18(29,30)19(31,32)20(33,34)35/h5-8,36H,9H2,1-4H3. The van der Waals surface area contributed by atoms with E-state index < -0.39 is 53.7 Å². The molecule has 1 aromatic rings. The van der Waals surface area contributed by atoms with E-state index in [1.54, 1.807) is 26.8 Å². The van der Waals surface area contributed by atoms with Crippen LogP contribution in [-0.4, -0.2) is 61.5 Å². The summed E-state index contributed by atoms with van der Waals surface area (Å²) >= 11 is 0. The summed E-state index contributed by atoms with van der Waals surface area (Å²) in [6, 6.07) is 4.10. The van der Waals surface area contributed by atoms with Crippen LogP contribution in [0, 0.1) is 0 Å². The van der Waals surface area contributed by atoms with E-state index >= 15 is 0 Å². The number of nitrogens with one attached hydrogen (secondary N) is 1. The molecular weight excluding hydrogens is 553 g/mol. The average Bonchev–Trinajstić information content (AvgIpc) is 2.71. The minimum atomic E-state index is -8.31. The molecule has 0 aliphatic rings. The van der Waals surface area contributed by atoms with Gasteiger partial charge in [-0.15, -0.1) is 0 Å².